The van der Waals surface area contributed by atoms with Crippen LogP contribution in [-0.4, -0.2) is 28.1 Å². The number of hydrogen-bond donors (Lipinski definition) is 3. The molecule has 1 aromatic heterocycles. The molecular formula is C15H18N2O2. The summed E-state index contributed by atoms with van der Waals surface area (Å²) in [5.74, 6) is -0.0852. The lowest BCUT2D eigenvalue weighted by Gasteiger charge is -2.49. The molecule has 0 saturated heterocycles. The molecule has 0 radical (unpaired) electrons. The van der Waals surface area contributed by atoms with Crippen LogP contribution in [0.2, 0.25) is 0 Å². The van der Waals surface area contributed by atoms with Crippen LogP contribution in [0.5, 0.6) is 0 Å². The highest BCUT2D eigenvalue weighted by Gasteiger charge is 2.48. The molecular weight excluding hydrogens is 240 g/mol. The third kappa shape index (κ3) is 1.83. The van der Waals surface area contributed by atoms with E-state index in [-0.39, 0.29) is 23.5 Å². The SMILES string of the molecule is CC1(C)C(O)CC1NC(=O)c1cccc2cc[nH]c12. The van der Waals surface area contributed by atoms with E-state index in [2.05, 4.69) is 10.3 Å². The van der Waals surface area contributed by atoms with Gasteiger partial charge in [0.2, 0.25) is 0 Å². The molecule has 1 fully saturated rings. The van der Waals surface area contributed by atoms with Gasteiger partial charge in [0, 0.05) is 23.0 Å². The van der Waals surface area contributed by atoms with Crippen molar-refractivity contribution in [3.8, 4) is 0 Å². The van der Waals surface area contributed by atoms with Gasteiger partial charge < -0.3 is 15.4 Å². The van der Waals surface area contributed by atoms with E-state index in [9.17, 15) is 9.90 Å². The number of aliphatic hydroxyl groups excluding tert-OH is 1. The zero-order chi connectivity index (χ0) is 13.6. The summed E-state index contributed by atoms with van der Waals surface area (Å²) >= 11 is 0. The van der Waals surface area contributed by atoms with Gasteiger partial charge in [-0.1, -0.05) is 26.0 Å². The number of aromatic nitrogens is 1. The summed E-state index contributed by atoms with van der Waals surface area (Å²) < 4.78 is 0. The standard InChI is InChI=1S/C15H18N2O2/c1-15(2)11(8-12(15)18)17-14(19)10-5-3-4-9-6-7-16-13(9)10/h3-7,11-12,16,18H,8H2,1-2H3,(H,17,19). The molecule has 1 aliphatic rings. The van der Waals surface area contributed by atoms with Crippen LogP contribution in [0.3, 0.4) is 0 Å². The molecule has 19 heavy (non-hydrogen) atoms. The normalized spacial score (nSPS) is 25.0. The molecule has 0 aliphatic heterocycles. The molecule has 0 spiro atoms. The highest BCUT2D eigenvalue weighted by molar-refractivity contribution is 6.05. The maximum Gasteiger partial charge on any atom is 0.253 e. The Balaban J connectivity index is 1.83. The van der Waals surface area contributed by atoms with Crippen LogP contribution < -0.4 is 5.32 Å². The van der Waals surface area contributed by atoms with Gasteiger partial charge in [-0.15, -0.1) is 0 Å². The zero-order valence-electron chi connectivity index (χ0n) is 11.1. The van der Waals surface area contributed by atoms with Crippen LogP contribution in [0, 0.1) is 5.41 Å². The molecule has 100 valence electrons. The number of aromatic amines is 1. The smallest absolute Gasteiger partial charge is 0.253 e. The van der Waals surface area contributed by atoms with E-state index in [4.69, 9.17) is 0 Å². The number of carbonyl (C=O) groups excluding carboxylic acids is 1. The van der Waals surface area contributed by atoms with Crippen molar-refractivity contribution in [2.75, 3.05) is 0 Å². The van der Waals surface area contributed by atoms with Gasteiger partial charge in [-0.25, -0.2) is 0 Å². The summed E-state index contributed by atoms with van der Waals surface area (Å²) in [7, 11) is 0. The molecule has 1 heterocycles. The average Bonchev–Trinajstić information content (AvgIpc) is 2.86. The highest BCUT2D eigenvalue weighted by atomic mass is 16.3. The van der Waals surface area contributed by atoms with Crippen molar-refractivity contribution in [3.63, 3.8) is 0 Å². The minimum Gasteiger partial charge on any atom is -0.392 e. The maximum atomic E-state index is 12.3. The Hall–Kier alpha value is -1.81. The largest absolute Gasteiger partial charge is 0.392 e. The van der Waals surface area contributed by atoms with Crippen molar-refractivity contribution in [2.45, 2.75) is 32.4 Å². The number of H-pyrrole nitrogens is 1. The van der Waals surface area contributed by atoms with Crippen molar-refractivity contribution >= 4 is 16.8 Å². The zero-order valence-corrected chi connectivity index (χ0v) is 11.1. The predicted octanol–water partition coefficient (Wildman–Crippen LogP) is 2.06. The fraction of sp³-hybridized carbons (Fsp3) is 0.400. The van der Waals surface area contributed by atoms with Crippen molar-refractivity contribution < 1.29 is 9.90 Å². The van der Waals surface area contributed by atoms with E-state index in [1.54, 1.807) is 0 Å². The summed E-state index contributed by atoms with van der Waals surface area (Å²) in [6.45, 7) is 3.95. The first-order chi connectivity index (χ1) is 9.00. The topological polar surface area (TPSA) is 65.1 Å². The number of benzene rings is 1. The molecule has 4 nitrogen and oxygen atoms in total. The van der Waals surface area contributed by atoms with E-state index in [1.807, 2.05) is 44.3 Å². The first-order valence-corrected chi connectivity index (χ1v) is 6.55. The summed E-state index contributed by atoms with van der Waals surface area (Å²) in [6.07, 6.45) is 2.12. The number of hydrogen-bond acceptors (Lipinski definition) is 2. The third-order valence-corrected chi connectivity index (χ3v) is 4.35. The third-order valence-electron chi connectivity index (χ3n) is 4.35. The van der Waals surface area contributed by atoms with Crippen molar-refractivity contribution in [3.05, 3.63) is 36.0 Å². The molecule has 4 heteroatoms. The summed E-state index contributed by atoms with van der Waals surface area (Å²) in [5, 5.41) is 13.8. The van der Waals surface area contributed by atoms with Gasteiger partial charge in [-0.05, 0) is 18.6 Å². The van der Waals surface area contributed by atoms with E-state index >= 15 is 0 Å². The number of para-hydroxylation sites is 1. The lowest BCUT2D eigenvalue weighted by atomic mass is 9.64. The van der Waals surface area contributed by atoms with Gasteiger partial charge in [-0.2, -0.15) is 0 Å². The van der Waals surface area contributed by atoms with Crippen molar-refractivity contribution in [2.24, 2.45) is 5.41 Å². The van der Waals surface area contributed by atoms with Crippen LogP contribution in [0.25, 0.3) is 10.9 Å². The van der Waals surface area contributed by atoms with Crippen LogP contribution in [0.4, 0.5) is 0 Å². The Morgan fingerprint density at radius 1 is 1.42 bits per heavy atom. The Labute approximate surface area is 111 Å². The molecule has 2 atom stereocenters. The van der Waals surface area contributed by atoms with Crippen LogP contribution >= 0.6 is 0 Å². The van der Waals surface area contributed by atoms with Crippen molar-refractivity contribution in [1.82, 2.24) is 10.3 Å². The van der Waals surface area contributed by atoms with Crippen molar-refractivity contribution in [1.29, 1.82) is 0 Å². The molecule has 2 aromatic rings. The van der Waals surface area contributed by atoms with Gasteiger partial charge in [0.05, 0.1) is 17.2 Å². The van der Waals surface area contributed by atoms with Gasteiger partial charge in [0.15, 0.2) is 0 Å². The molecule has 2 unspecified atom stereocenters. The Morgan fingerprint density at radius 2 is 2.21 bits per heavy atom. The molecule has 1 aliphatic carbocycles. The molecule has 0 bridgehead atoms. The molecule has 1 amide bonds. The van der Waals surface area contributed by atoms with E-state index in [1.165, 1.54) is 0 Å². The number of rotatable bonds is 2. The first-order valence-electron chi connectivity index (χ1n) is 6.55. The Kier molecular flexibility index (Phi) is 2.64. The second-order valence-corrected chi connectivity index (χ2v) is 5.85. The number of aliphatic hydroxyl groups is 1. The molecule has 3 N–H and O–H groups in total. The number of carbonyl (C=O) groups is 1. The molecule has 3 rings (SSSR count). The second kappa shape index (κ2) is 4.10. The minimum absolute atomic E-state index is 0.0280. The summed E-state index contributed by atoms with van der Waals surface area (Å²) in [6, 6.07) is 7.64. The quantitative estimate of drug-likeness (QED) is 0.772. The summed E-state index contributed by atoms with van der Waals surface area (Å²) in [4.78, 5) is 15.4. The molecule has 1 aromatic carbocycles. The fourth-order valence-electron chi connectivity index (χ4n) is 2.66. The van der Waals surface area contributed by atoms with Crippen LogP contribution in [0.15, 0.2) is 30.5 Å². The van der Waals surface area contributed by atoms with Crippen LogP contribution in [0.1, 0.15) is 30.6 Å². The Bertz CT molecular complexity index is 630. The van der Waals surface area contributed by atoms with E-state index in [0.717, 1.165) is 10.9 Å². The average molecular weight is 258 g/mol. The van der Waals surface area contributed by atoms with Gasteiger partial charge in [-0.3, -0.25) is 4.79 Å². The summed E-state index contributed by atoms with van der Waals surface area (Å²) in [5.41, 5.74) is 1.26. The van der Waals surface area contributed by atoms with Gasteiger partial charge in [0.25, 0.3) is 5.91 Å². The van der Waals surface area contributed by atoms with E-state index < -0.39 is 0 Å². The van der Waals surface area contributed by atoms with Gasteiger partial charge >= 0.3 is 0 Å². The monoisotopic (exact) mass is 258 g/mol. The Morgan fingerprint density at radius 3 is 2.89 bits per heavy atom. The first kappa shape index (κ1) is 12.2. The number of amides is 1. The fourth-order valence-corrected chi connectivity index (χ4v) is 2.66. The number of nitrogens with one attached hydrogen (secondary N) is 2. The van der Waals surface area contributed by atoms with E-state index in [0.29, 0.717) is 12.0 Å². The maximum absolute atomic E-state index is 12.3. The van der Waals surface area contributed by atoms with Gasteiger partial charge in [0.1, 0.15) is 0 Å². The highest BCUT2D eigenvalue weighted by Crippen LogP contribution is 2.40. The van der Waals surface area contributed by atoms with Crippen LogP contribution in [-0.2, 0) is 0 Å². The number of fused-ring (bicyclic) bond motifs is 1. The predicted molar refractivity (Wildman–Crippen MR) is 74.0 cm³/mol. The minimum atomic E-state index is -0.334. The lowest BCUT2D eigenvalue weighted by Crippen LogP contribution is -2.61. The molecule has 1 saturated carbocycles. The second-order valence-electron chi connectivity index (χ2n) is 5.85. The lowest BCUT2D eigenvalue weighted by molar-refractivity contribution is -0.0689.